The van der Waals surface area contributed by atoms with E-state index in [2.05, 4.69) is 5.10 Å². The molecule has 0 radical (unpaired) electrons. The summed E-state index contributed by atoms with van der Waals surface area (Å²) in [6, 6.07) is 4.82. The van der Waals surface area contributed by atoms with Crippen LogP contribution in [0.2, 0.25) is 10.0 Å². The molecule has 0 aliphatic rings. The molecule has 2 aromatic rings. The Kier molecular flexibility index (Phi) is 4.35. The van der Waals surface area contributed by atoms with E-state index in [0.29, 0.717) is 27.8 Å². The van der Waals surface area contributed by atoms with Crippen molar-refractivity contribution in [2.75, 3.05) is 5.73 Å². The molecule has 0 spiro atoms. The maximum atomic E-state index is 12.3. The maximum Gasteiger partial charge on any atom is 0.168 e. The molecule has 0 saturated heterocycles. The second kappa shape index (κ2) is 5.85. The van der Waals surface area contributed by atoms with Gasteiger partial charge < -0.3 is 5.73 Å². The summed E-state index contributed by atoms with van der Waals surface area (Å²) in [6.45, 7) is 4.43. The van der Waals surface area contributed by atoms with Crippen molar-refractivity contribution in [3.63, 3.8) is 0 Å². The van der Waals surface area contributed by atoms with Gasteiger partial charge in [0.2, 0.25) is 0 Å². The van der Waals surface area contributed by atoms with E-state index in [1.165, 1.54) is 0 Å². The van der Waals surface area contributed by atoms with Gasteiger partial charge >= 0.3 is 0 Å². The van der Waals surface area contributed by atoms with Crippen molar-refractivity contribution in [3.8, 4) is 0 Å². The highest BCUT2D eigenvalue weighted by molar-refractivity contribution is 6.32. The Hall–Kier alpha value is -1.52. The molecule has 0 amide bonds. The summed E-state index contributed by atoms with van der Waals surface area (Å²) in [7, 11) is 0. The van der Waals surface area contributed by atoms with E-state index < -0.39 is 0 Å². The molecule has 0 aliphatic heterocycles. The summed E-state index contributed by atoms with van der Waals surface area (Å²) in [5.74, 6) is -0.0873. The Labute approximate surface area is 127 Å². The number of nitrogens with zero attached hydrogens (tertiary/aromatic N) is 2. The Balaban J connectivity index is 2.32. The number of benzene rings is 1. The number of hydrogen-bond donors (Lipinski definition) is 1. The van der Waals surface area contributed by atoms with Crippen molar-refractivity contribution >= 4 is 34.7 Å². The van der Waals surface area contributed by atoms with Gasteiger partial charge in [0, 0.05) is 22.8 Å². The Morgan fingerprint density at radius 2 is 2.05 bits per heavy atom. The zero-order valence-corrected chi connectivity index (χ0v) is 12.8. The molecule has 20 heavy (non-hydrogen) atoms. The highest BCUT2D eigenvalue weighted by Crippen LogP contribution is 2.23. The average Bonchev–Trinajstić information content (AvgIpc) is 2.65. The predicted molar refractivity (Wildman–Crippen MR) is 81.5 cm³/mol. The van der Waals surface area contributed by atoms with Gasteiger partial charge in [0.05, 0.1) is 22.8 Å². The van der Waals surface area contributed by atoms with Gasteiger partial charge in [-0.25, -0.2) is 0 Å². The number of hydrogen-bond acceptors (Lipinski definition) is 3. The van der Waals surface area contributed by atoms with Crippen LogP contribution in [-0.4, -0.2) is 15.6 Å². The van der Waals surface area contributed by atoms with Gasteiger partial charge in [-0.3, -0.25) is 9.48 Å². The average molecular weight is 312 g/mol. The highest BCUT2D eigenvalue weighted by atomic mass is 35.5. The van der Waals surface area contributed by atoms with E-state index in [4.69, 9.17) is 28.9 Å². The van der Waals surface area contributed by atoms with Crippen LogP contribution in [0.3, 0.4) is 0 Å². The van der Waals surface area contributed by atoms with E-state index in [1.807, 2.05) is 13.8 Å². The lowest BCUT2D eigenvalue weighted by molar-refractivity contribution is 0.0990. The van der Waals surface area contributed by atoms with Crippen LogP contribution >= 0.6 is 23.2 Å². The third-order valence-electron chi connectivity index (χ3n) is 3.02. The van der Waals surface area contributed by atoms with Gasteiger partial charge in [-0.15, -0.1) is 0 Å². The van der Waals surface area contributed by atoms with E-state index in [1.54, 1.807) is 22.9 Å². The number of Topliss-reactive ketones (excluding diaryl/α,β-unsaturated/α-hetero) is 1. The van der Waals surface area contributed by atoms with Crippen LogP contribution in [0, 0.1) is 6.92 Å². The number of halogens is 2. The normalized spacial score (nSPS) is 10.8. The molecule has 1 aromatic carbocycles. The topological polar surface area (TPSA) is 60.9 Å². The second-order valence-electron chi connectivity index (χ2n) is 4.54. The molecule has 0 aliphatic carbocycles. The largest absolute Gasteiger partial charge is 0.399 e. The Morgan fingerprint density at radius 3 is 2.65 bits per heavy atom. The maximum absolute atomic E-state index is 12.3. The standard InChI is InChI=1S/C14H15Cl2N3O/c1-3-19-12(14(16)8(2)18-19)7-13(20)9-4-10(15)6-11(17)5-9/h4-6H,3,7,17H2,1-2H3. The minimum atomic E-state index is -0.0873. The quantitative estimate of drug-likeness (QED) is 0.694. The summed E-state index contributed by atoms with van der Waals surface area (Å²) in [5.41, 5.74) is 8.09. The van der Waals surface area contributed by atoms with Crippen LogP contribution in [0.4, 0.5) is 5.69 Å². The first-order valence-electron chi connectivity index (χ1n) is 6.23. The minimum absolute atomic E-state index is 0.0873. The fourth-order valence-electron chi connectivity index (χ4n) is 2.07. The number of aromatic nitrogens is 2. The molecule has 6 heteroatoms. The smallest absolute Gasteiger partial charge is 0.168 e. The molecule has 1 aromatic heterocycles. The molecular weight excluding hydrogens is 297 g/mol. The van der Waals surface area contributed by atoms with Gasteiger partial charge in [0.15, 0.2) is 5.78 Å². The SMILES string of the molecule is CCn1nc(C)c(Cl)c1CC(=O)c1cc(N)cc(Cl)c1. The summed E-state index contributed by atoms with van der Waals surface area (Å²) in [5, 5.41) is 5.27. The van der Waals surface area contributed by atoms with Crippen molar-refractivity contribution in [2.45, 2.75) is 26.8 Å². The minimum Gasteiger partial charge on any atom is -0.399 e. The zero-order chi connectivity index (χ0) is 14.9. The molecule has 0 atom stereocenters. The van der Waals surface area contributed by atoms with Gasteiger partial charge in [0.1, 0.15) is 0 Å². The fraction of sp³-hybridized carbons (Fsp3) is 0.286. The lowest BCUT2D eigenvalue weighted by Gasteiger charge is -2.06. The molecule has 2 rings (SSSR count). The Bertz CT molecular complexity index is 644. The van der Waals surface area contributed by atoms with Gasteiger partial charge in [0.25, 0.3) is 0 Å². The van der Waals surface area contributed by atoms with E-state index in [9.17, 15) is 4.79 Å². The van der Waals surface area contributed by atoms with Crippen molar-refractivity contribution in [2.24, 2.45) is 0 Å². The second-order valence-corrected chi connectivity index (χ2v) is 5.35. The van der Waals surface area contributed by atoms with Crippen LogP contribution in [0.15, 0.2) is 18.2 Å². The third kappa shape index (κ3) is 2.97. The molecule has 0 saturated carbocycles. The van der Waals surface area contributed by atoms with Crippen LogP contribution in [0.1, 0.15) is 28.7 Å². The first-order chi connectivity index (χ1) is 9.42. The summed E-state index contributed by atoms with van der Waals surface area (Å²) < 4.78 is 1.74. The third-order valence-corrected chi connectivity index (χ3v) is 3.73. The molecule has 1 heterocycles. The Morgan fingerprint density at radius 1 is 1.35 bits per heavy atom. The summed E-state index contributed by atoms with van der Waals surface area (Å²) in [4.78, 5) is 12.3. The number of carbonyl (C=O) groups is 1. The zero-order valence-electron chi connectivity index (χ0n) is 11.3. The lowest BCUT2D eigenvalue weighted by Crippen LogP contribution is -2.10. The number of nitrogens with two attached hydrogens (primary N) is 1. The first-order valence-corrected chi connectivity index (χ1v) is 6.99. The number of aryl methyl sites for hydroxylation is 2. The van der Waals surface area contributed by atoms with E-state index in [0.717, 1.165) is 11.4 Å². The van der Waals surface area contributed by atoms with Crippen LogP contribution in [-0.2, 0) is 13.0 Å². The molecule has 0 fully saturated rings. The summed E-state index contributed by atoms with van der Waals surface area (Å²) >= 11 is 12.1. The van der Waals surface area contributed by atoms with Crippen molar-refractivity contribution in [1.82, 2.24) is 9.78 Å². The number of ketones is 1. The number of nitrogen functional groups attached to an aromatic ring is 1. The van der Waals surface area contributed by atoms with Crippen LogP contribution in [0.25, 0.3) is 0 Å². The highest BCUT2D eigenvalue weighted by Gasteiger charge is 2.17. The molecule has 0 bridgehead atoms. The van der Waals surface area contributed by atoms with Gasteiger partial charge in [-0.05, 0) is 32.0 Å². The van der Waals surface area contributed by atoms with Crippen LogP contribution < -0.4 is 5.73 Å². The molecular formula is C14H15Cl2N3O. The van der Waals surface area contributed by atoms with Crippen molar-refractivity contribution < 1.29 is 4.79 Å². The van der Waals surface area contributed by atoms with Gasteiger partial charge in [-0.1, -0.05) is 23.2 Å². The van der Waals surface area contributed by atoms with E-state index >= 15 is 0 Å². The number of carbonyl (C=O) groups excluding carboxylic acids is 1. The predicted octanol–water partition coefficient (Wildman–Crippen LogP) is 3.53. The first kappa shape index (κ1) is 14.9. The van der Waals surface area contributed by atoms with Crippen molar-refractivity contribution in [3.05, 3.63) is 45.2 Å². The number of anilines is 1. The van der Waals surface area contributed by atoms with E-state index in [-0.39, 0.29) is 12.2 Å². The molecule has 2 N–H and O–H groups in total. The fourth-order valence-corrected chi connectivity index (χ4v) is 2.51. The van der Waals surface area contributed by atoms with Crippen molar-refractivity contribution in [1.29, 1.82) is 0 Å². The van der Waals surface area contributed by atoms with Gasteiger partial charge in [-0.2, -0.15) is 5.10 Å². The summed E-state index contributed by atoms with van der Waals surface area (Å²) in [6.07, 6.45) is 0.174. The van der Waals surface area contributed by atoms with Crippen LogP contribution in [0.5, 0.6) is 0 Å². The monoisotopic (exact) mass is 311 g/mol. The molecule has 0 unspecified atom stereocenters. The number of rotatable bonds is 4. The molecule has 106 valence electrons. The molecule has 4 nitrogen and oxygen atoms in total. The lowest BCUT2D eigenvalue weighted by atomic mass is 10.1.